The van der Waals surface area contributed by atoms with Crippen molar-refractivity contribution in [2.24, 2.45) is 7.05 Å². The van der Waals surface area contributed by atoms with Gasteiger partial charge in [0, 0.05) is 24.5 Å². The standard InChI is InChI=1S/C12H13N3O/c1-8-3-4-10(13)9(7-8)12(16)11-5-6-15(2)14-11/h3-7H,13H2,1-2H3. The highest BCUT2D eigenvalue weighted by molar-refractivity contribution is 6.10. The van der Waals surface area contributed by atoms with Crippen molar-refractivity contribution in [3.8, 4) is 0 Å². The molecule has 4 nitrogen and oxygen atoms in total. The van der Waals surface area contributed by atoms with E-state index in [1.165, 1.54) is 0 Å². The molecule has 0 aliphatic rings. The van der Waals surface area contributed by atoms with E-state index in [0.29, 0.717) is 16.9 Å². The van der Waals surface area contributed by atoms with E-state index in [0.717, 1.165) is 5.56 Å². The fraction of sp³-hybridized carbons (Fsp3) is 0.167. The summed E-state index contributed by atoms with van der Waals surface area (Å²) < 4.78 is 1.60. The van der Waals surface area contributed by atoms with E-state index in [2.05, 4.69) is 5.10 Å². The Morgan fingerprint density at radius 2 is 2.12 bits per heavy atom. The summed E-state index contributed by atoms with van der Waals surface area (Å²) in [7, 11) is 1.77. The van der Waals surface area contributed by atoms with Gasteiger partial charge in [-0.25, -0.2) is 0 Å². The Labute approximate surface area is 93.7 Å². The number of hydrogen-bond acceptors (Lipinski definition) is 3. The average molecular weight is 215 g/mol. The second-order valence-corrected chi connectivity index (χ2v) is 3.79. The number of rotatable bonds is 2. The van der Waals surface area contributed by atoms with Crippen molar-refractivity contribution in [1.82, 2.24) is 9.78 Å². The first-order valence-electron chi connectivity index (χ1n) is 4.98. The molecule has 1 heterocycles. The van der Waals surface area contributed by atoms with Gasteiger partial charge in [0.15, 0.2) is 0 Å². The fourth-order valence-corrected chi connectivity index (χ4v) is 1.54. The topological polar surface area (TPSA) is 60.9 Å². The first kappa shape index (κ1) is 10.4. The Bertz CT molecular complexity index is 543. The maximum absolute atomic E-state index is 12.1. The predicted molar refractivity (Wildman–Crippen MR) is 62.2 cm³/mol. The van der Waals surface area contributed by atoms with E-state index < -0.39 is 0 Å². The molecule has 0 saturated heterocycles. The van der Waals surface area contributed by atoms with E-state index in [1.807, 2.05) is 13.0 Å². The molecule has 2 rings (SSSR count). The monoisotopic (exact) mass is 215 g/mol. The van der Waals surface area contributed by atoms with Crippen LogP contribution in [0.15, 0.2) is 30.5 Å². The molecule has 2 aromatic rings. The van der Waals surface area contributed by atoms with Gasteiger partial charge in [-0.2, -0.15) is 5.10 Å². The average Bonchev–Trinajstić information content (AvgIpc) is 2.67. The minimum atomic E-state index is -0.137. The Kier molecular flexibility index (Phi) is 2.48. The summed E-state index contributed by atoms with van der Waals surface area (Å²) in [4.78, 5) is 12.1. The van der Waals surface area contributed by atoms with Crippen molar-refractivity contribution in [3.63, 3.8) is 0 Å². The van der Waals surface area contributed by atoms with Crippen LogP contribution in [0, 0.1) is 6.92 Å². The third kappa shape index (κ3) is 1.82. The Morgan fingerprint density at radius 3 is 2.75 bits per heavy atom. The molecule has 2 N–H and O–H groups in total. The Hall–Kier alpha value is -2.10. The molecule has 0 aliphatic heterocycles. The number of aromatic nitrogens is 2. The predicted octanol–water partition coefficient (Wildman–Crippen LogP) is 1.54. The molecule has 82 valence electrons. The smallest absolute Gasteiger partial charge is 0.215 e. The number of nitrogen functional groups attached to an aromatic ring is 1. The number of carbonyl (C=O) groups excluding carboxylic acids is 1. The normalized spacial score (nSPS) is 10.4. The molecule has 0 fully saturated rings. The van der Waals surface area contributed by atoms with E-state index >= 15 is 0 Å². The Morgan fingerprint density at radius 1 is 1.38 bits per heavy atom. The zero-order valence-electron chi connectivity index (χ0n) is 9.27. The summed E-state index contributed by atoms with van der Waals surface area (Å²) in [6, 6.07) is 7.09. The maximum Gasteiger partial charge on any atom is 0.215 e. The molecule has 0 bridgehead atoms. The third-order valence-electron chi connectivity index (χ3n) is 2.40. The van der Waals surface area contributed by atoms with Crippen molar-refractivity contribution in [2.45, 2.75) is 6.92 Å². The van der Waals surface area contributed by atoms with E-state index in [9.17, 15) is 4.79 Å². The minimum Gasteiger partial charge on any atom is -0.398 e. The lowest BCUT2D eigenvalue weighted by Gasteiger charge is -2.03. The van der Waals surface area contributed by atoms with Gasteiger partial charge >= 0.3 is 0 Å². The van der Waals surface area contributed by atoms with Crippen molar-refractivity contribution in [2.75, 3.05) is 5.73 Å². The van der Waals surface area contributed by atoms with Crippen molar-refractivity contribution < 1.29 is 4.79 Å². The number of nitrogens with zero attached hydrogens (tertiary/aromatic N) is 2. The van der Waals surface area contributed by atoms with Crippen LogP contribution < -0.4 is 5.73 Å². The van der Waals surface area contributed by atoms with Crippen LogP contribution in [-0.2, 0) is 7.05 Å². The van der Waals surface area contributed by atoms with Gasteiger partial charge in [-0.05, 0) is 25.1 Å². The molecule has 1 aromatic carbocycles. The SMILES string of the molecule is Cc1ccc(N)c(C(=O)c2ccn(C)n2)c1. The quantitative estimate of drug-likeness (QED) is 0.610. The van der Waals surface area contributed by atoms with Crippen LogP contribution in [0.25, 0.3) is 0 Å². The zero-order chi connectivity index (χ0) is 11.7. The molecule has 0 saturated carbocycles. The fourth-order valence-electron chi connectivity index (χ4n) is 1.54. The lowest BCUT2D eigenvalue weighted by Crippen LogP contribution is -2.07. The van der Waals surface area contributed by atoms with Crippen LogP contribution >= 0.6 is 0 Å². The number of carbonyl (C=O) groups is 1. The molecule has 0 amide bonds. The van der Waals surface area contributed by atoms with Crippen LogP contribution in [0.5, 0.6) is 0 Å². The van der Waals surface area contributed by atoms with E-state index in [-0.39, 0.29) is 5.78 Å². The zero-order valence-corrected chi connectivity index (χ0v) is 9.27. The summed E-state index contributed by atoms with van der Waals surface area (Å²) in [5, 5.41) is 4.07. The summed E-state index contributed by atoms with van der Waals surface area (Å²) in [5.41, 5.74) is 8.20. The first-order chi connectivity index (χ1) is 7.58. The van der Waals surface area contributed by atoms with Gasteiger partial charge in [0.05, 0.1) is 0 Å². The summed E-state index contributed by atoms with van der Waals surface area (Å²) in [6.45, 7) is 1.93. The minimum absolute atomic E-state index is 0.137. The van der Waals surface area contributed by atoms with Crippen molar-refractivity contribution in [1.29, 1.82) is 0 Å². The highest BCUT2D eigenvalue weighted by atomic mass is 16.1. The van der Waals surface area contributed by atoms with Crippen molar-refractivity contribution in [3.05, 3.63) is 47.3 Å². The third-order valence-corrected chi connectivity index (χ3v) is 2.40. The molecule has 1 aromatic heterocycles. The van der Waals surface area contributed by atoms with E-state index in [1.54, 1.807) is 36.1 Å². The summed E-state index contributed by atoms with van der Waals surface area (Å²) >= 11 is 0. The number of benzene rings is 1. The first-order valence-corrected chi connectivity index (χ1v) is 4.98. The van der Waals surface area contributed by atoms with Gasteiger partial charge in [0.1, 0.15) is 5.69 Å². The highest BCUT2D eigenvalue weighted by Crippen LogP contribution is 2.17. The molecule has 0 radical (unpaired) electrons. The van der Waals surface area contributed by atoms with Crippen LogP contribution in [0.4, 0.5) is 5.69 Å². The molecule has 16 heavy (non-hydrogen) atoms. The second kappa shape index (κ2) is 3.81. The van der Waals surface area contributed by atoms with Gasteiger partial charge in [0.2, 0.25) is 5.78 Å². The van der Waals surface area contributed by atoms with Crippen LogP contribution in [0.3, 0.4) is 0 Å². The molecule has 0 unspecified atom stereocenters. The van der Waals surface area contributed by atoms with Gasteiger partial charge < -0.3 is 5.73 Å². The van der Waals surface area contributed by atoms with Crippen LogP contribution in [0.1, 0.15) is 21.6 Å². The maximum atomic E-state index is 12.1. The second-order valence-electron chi connectivity index (χ2n) is 3.79. The van der Waals surface area contributed by atoms with Gasteiger partial charge in [-0.1, -0.05) is 11.6 Å². The highest BCUT2D eigenvalue weighted by Gasteiger charge is 2.14. The molecule has 0 spiro atoms. The Balaban J connectivity index is 2.45. The van der Waals surface area contributed by atoms with Crippen molar-refractivity contribution >= 4 is 11.5 Å². The van der Waals surface area contributed by atoms with Gasteiger partial charge in [-0.3, -0.25) is 9.48 Å². The molecular formula is C12H13N3O. The summed E-state index contributed by atoms with van der Waals surface area (Å²) in [6.07, 6.45) is 1.74. The number of aryl methyl sites for hydroxylation is 2. The van der Waals surface area contributed by atoms with Crippen LogP contribution in [0.2, 0.25) is 0 Å². The number of hydrogen-bond donors (Lipinski definition) is 1. The lowest BCUT2D eigenvalue weighted by molar-refractivity contribution is 0.103. The molecule has 0 aliphatic carbocycles. The number of nitrogens with two attached hydrogens (primary N) is 1. The molecular weight excluding hydrogens is 202 g/mol. The van der Waals surface area contributed by atoms with E-state index in [4.69, 9.17) is 5.73 Å². The van der Waals surface area contributed by atoms with Crippen LogP contribution in [-0.4, -0.2) is 15.6 Å². The van der Waals surface area contributed by atoms with Gasteiger partial charge in [-0.15, -0.1) is 0 Å². The number of ketones is 1. The summed E-state index contributed by atoms with van der Waals surface area (Å²) in [5.74, 6) is -0.137. The molecule has 4 heteroatoms. The molecule has 0 atom stereocenters. The van der Waals surface area contributed by atoms with Gasteiger partial charge in [0.25, 0.3) is 0 Å². The lowest BCUT2D eigenvalue weighted by atomic mass is 10.0. The number of anilines is 1. The largest absolute Gasteiger partial charge is 0.398 e.